The Morgan fingerprint density at radius 1 is 0.633 bits per heavy atom. The van der Waals surface area contributed by atoms with E-state index in [0.29, 0.717) is 34.3 Å². The number of unbranched alkanes of at least 4 members (excludes halogenated alkanes) is 1. The van der Waals surface area contributed by atoms with Gasteiger partial charge in [0.05, 0.1) is 19.2 Å². The molecule has 0 bridgehead atoms. The number of carbonyl (C=O) groups excluding carboxylic acids is 10. The van der Waals surface area contributed by atoms with Crippen molar-refractivity contribution < 1.29 is 63.3 Å². The summed E-state index contributed by atoms with van der Waals surface area (Å²) in [6.45, 7) is -0.226. The van der Waals surface area contributed by atoms with Gasteiger partial charge >= 0.3 is 0 Å². The van der Waals surface area contributed by atoms with Crippen molar-refractivity contribution in [2.75, 3.05) is 37.3 Å². The average molecular weight is 1130 g/mol. The summed E-state index contributed by atoms with van der Waals surface area (Å²) in [4.78, 5) is 135. The molecule has 424 valence electrons. The summed E-state index contributed by atoms with van der Waals surface area (Å²) >= 11 is 6.69. The number of nitrogens with zero attached hydrogens (tertiary/aromatic N) is 1. The molecule has 6 atom stereocenters. The second-order valence-electron chi connectivity index (χ2n) is 18.1. The number of benzene rings is 4. The lowest BCUT2D eigenvalue weighted by atomic mass is 10.0. The number of nitrogens with two attached hydrogens (primary N) is 3. The van der Waals surface area contributed by atoms with Crippen LogP contribution in [0.2, 0.25) is 5.02 Å². The van der Waals surface area contributed by atoms with Crippen LogP contribution < -0.4 is 59.3 Å². The highest BCUT2D eigenvalue weighted by Gasteiger charge is 2.36. The molecule has 26 heteroatoms. The number of aliphatic hydroxyl groups excluding tert-OH is 1. The van der Waals surface area contributed by atoms with E-state index >= 15 is 0 Å². The highest BCUT2D eigenvalue weighted by molar-refractivity contribution is 8.13. The first-order chi connectivity index (χ1) is 37.6. The quantitative estimate of drug-likeness (QED) is 0.0304. The minimum absolute atomic E-state index is 0.0142. The number of carbonyl (C=O) groups is 10. The lowest BCUT2D eigenvalue weighted by molar-refractivity contribution is -0.134. The van der Waals surface area contributed by atoms with Crippen LogP contribution in [-0.4, -0.2) is 142 Å². The van der Waals surface area contributed by atoms with Gasteiger partial charge in [-0.15, -0.1) is 0 Å². The minimum Gasteiger partial charge on any atom is -0.508 e. The summed E-state index contributed by atoms with van der Waals surface area (Å²) in [6.07, 6.45) is -1.20. The van der Waals surface area contributed by atoms with E-state index in [0.717, 1.165) is 10.5 Å². The fraction of sp³-hybridized carbons (Fsp3) is 0.358. The Balaban J connectivity index is 1.60. The number of hydrogen-bond donors (Lipinski definition) is 13. The summed E-state index contributed by atoms with van der Waals surface area (Å²) in [5.41, 5.74) is 18.6. The van der Waals surface area contributed by atoms with Gasteiger partial charge in [-0.3, -0.25) is 52.8 Å². The normalized spacial score (nSPS) is 13.1. The van der Waals surface area contributed by atoms with E-state index in [1.54, 1.807) is 24.3 Å². The Bertz CT molecular complexity index is 2760. The number of phenols is 2. The van der Waals surface area contributed by atoms with Crippen molar-refractivity contribution in [3.8, 4) is 11.5 Å². The monoisotopic (exact) mass is 1130 g/mol. The predicted molar refractivity (Wildman–Crippen MR) is 294 cm³/mol. The molecule has 24 nitrogen and oxygen atoms in total. The molecule has 4 aromatic carbocycles. The maximum atomic E-state index is 14.7. The van der Waals surface area contributed by atoms with Crippen LogP contribution in [-0.2, 0) is 57.6 Å². The molecular weight excluding hydrogens is 1070 g/mol. The number of aliphatic hydroxyl groups is 1. The molecule has 0 saturated carbocycles. The van der Waals surface area contributed by atoms with Crippen LogP contribution in [0.4, 0.5) is 10.5 Å². The van der Waals surface area contributed by atoms with Gasteiger partial charge in [0, 0.05) is 48.3 Å². The van der Waals surface area contributed by atoms with E-state index in [2.05, 4.69) is 37.2 Å². The van der Waals surface area contributed by atoms with Crippen molar-refractivity contribution in [2.24, 2.45) is 17.2 Å². The zero-order chi connectivity index (χ0) is 58.2. The summed E-state index contributed by atoms with van der Waals surface area (Å²) in [5.74, 6) is -8.25. The number of halogens is 1. The maximum absolute atomic E-state index is 14.7. The van der Waals surface area contributed by atoms with Crippen LogP contribution in [0.1, 0.15) is 59.7 Å². The van der Waals surface area contributed by atoms with Gasteiger partial charge in [-0.1, -0.05) is 59.8 Å². The van der Waals surface area contributed by atoms with Crippen LogP contribution in [0.3, 0.4) is 0 Å². The molecule has 0 aromatic heterocycles. The van der Waals surface area contributed by atoms with Crippen LogP contribution in [0.15, 0.2) is 97.1 Å². The SMILES string of the molecule is CNC(=O)SC[C@@H](NC(=O)CCc1ccc(Cl)cc1)C(=O)N[C@@H](Cc1ccc(O)cc1)C(=O)NCC(=O)N(c1ccc(C(N)=O)cc1)[C@@H](CCCCN)C(=O)NC(C(=O)NCC(=O)N[C@H](Cc1ccc(O)cc1)C(N)=O)C(C)O. The van der Waals surface area contributed by atoms with Crippen molar-refractivity contribution in [1.29, 1.82) is 0 Å². The number of aromatic hydroxyl groups is 2. The molecule has 0 aliphatic heterocycles. The van der Waals surface area contributed by atoms with Crippen molar-refractivity contribution in [3.05, 3.63) is 124 Å². The number of hydrogen-bond acceptors (Lipinski definition) is 15. The lowest BCUT2D eigenvalue weighted by Crippen LogP contribution is -2.60. The molecule has 2 unspecified atom stereocenters. The number of rotatable bonds is 30. The molecule has 0 aliphatic carbocycles. The molecule has 79 heavy (non-hydrogen) atoms. The van der Waals surface area contributed by atoms with Gasteiger partial charge in [0.2, 0.25) is 53.2 Å². The van der Waals surface area contributed by atoms with Gasteiger partial charge in [-0.25, -0.2) is 0 Å². The molecule has 0 radical (unpaired) electrons. The van der Waals surface area contributed by atoms with Crippen LogP contribution in [0.5, 0.6) is 11.5 Å². The molecule has 16 N–H and O–H groups in total. The number of phenolic OH excluding ortho intramolecular Hbond substituents is 2. The Hall–Kier alpha value is -8.26. The minimum atomic E-state index is -1.74. The van der Waals surface area contributed by atoms with E-state index in [1.807, 2.05) is 0 Å². The molecule has 4 rings (SSSR count). The number of thioether (sulfide) groups is 1. The van der Waals surface area contributed by atoms with Gasteiger partial charge in [0.25, 0.3) is 5.24 Å². The first-order valence-corrected chi connectivity index (χ1v) is 26.2. The molecular formula is C53H66ClN11O13S. The van der Waals surface area contributed by atoms with E-state index in [9.17, 15) is 63.3 Å². The van der Waals surface area contributed by atoms with Gasteiger partial charge < -0.3 is 69.7 Å². The number of nitrogens with one attached hydrogen (secondary N) is 7. The van der Waals surface area contributed by atoms with Crippen molar-refractivity contribution >= 4 is 87.5 Å². The Morgan fingerprint density at radius 2 is 1.19 bits per heavy atom. The van der Waals surface area contributed by atoms with Gasteiger partial charge in [0.1, 0.15) is 41.7 Å². The first-order valence-electron chi connectivity index (χ1n) is 24.9. The molecule has 0 aliphatic rings. The predicted octanol–water partition coefficient (Wildman–Crippen LogP) is -0.0908. The topological polar surface area (TPSA) is 397 Å². The fourth-order valence-electron chi connectivity index (χ4n) is 7.72. The molecule has 0 spiro atoms. The molecule has 0 heterocycles. The third-order valence-corrected chi connectivity index (χ3v) is 13.2. The summed E-state index contributed by atoms with van der Waals surface area (Å²) < 4.78 is 0. The zero-order valence-electron chi connectivity index (χ0n) is 43.4. The van der Waals surface area contributed by atoms with Gasteiger partial charge in [-0.05, 0) is 117 Å². The largest absolute Gasteiger partial charge is 0.508 e. The Morgan fingerprint density at radius 3 is 1.73 bits per heavy atom. The second kappa shape index (κ2) is 31.8. The first kappa shape index (κ1) is 63.3. The third kappa shape index (κ3) is 21.2. The number of primary amides is 2. The number of aryl methyl sites for hydroxylation is 1. The van der Waals surface area contributed by atoms with Gasteiger partial charge in [0.15, 0.2) is 0 Å². The molecule has 0 fully saturated rings. The Kier molecular flexibility index (Phi) is 25.5. The molecule has 4 aromatic rings. The van der Waals surface area contributed by atoms with Crippen LogP contribution in [0.25, 0.3) is 0 Å². The summed E-state index contributed by atoms with van der Waals surface area (Å²) in [5, 5.41) is 47.8. The van der Waals surface area contributed by atoms with E-state index in [4.69, 9.17) is 28.8 Å². The highest BCUT2D eigenvalue weighted by Crippen LogP contribution is 2.23. The highest BCUT2D eigenvalue weighted by atomic mass is 35.5. The zero-order valence-corrected chi connectivity index (χ0v) is 44.9. The van der Waals surface area contributed by atoms with Crippen molar-refractivity contribution in [1.82, 2.24) is 37.2 Å². The van der Waals surface area contributed by atoms with Crippen molar-refractivity contribution in [2.45, 2.75) is 88.2 Å². The third-order valence-electron chi connectivity index (χ3n) is 12.0. The van der Waals surface area contributed by atoms with Crippen LogP contribution in [0, 0.1) is 0 Å². The van der Waals surface area contributed by atoms with Gasteiger partial charge in [-0.2, -0.15) is 0 Å². The summed E-state index contributed by atoms with van der Waals surface area (Å²) in [6, 6.07) is 16.2. The summed E-state index contributed by atoms with van der Waals surface area (Å²) in [7, 11) is 1.38. The van der Waals surface area contributed by atoms with E-state index in [-0.39, 0.29) is 73.6 Å². The van der Waals surface area contributed by atoms with E-state index in [1.165, 1.54) is 86.8 Å². The lowest BCUT2D eigenvalue weighted by Gasteiger charge is -2.33. The number of anilines is 1. The van der Waals surface area contributed by atoms with Crippen LogP contribution >= 0.6 is 23.4 Å². The standard InChI is InChI=1S/C53H66ClN11O13S/c1-30(66)46(52(77)59-27-44(70)61-39(48(57)73)25-32-8-19-37(67)20-9-32)64-51(76)42(5-3-4-24-55)65(36-17-13-34(14-18-36)47(56)72)45(71)28-60-49(74)40(26-33-10-21-38(68)22-11-33)63-50(75)41(29-79-53(78)58-2)62-43(69)23-12-31-6-15-35(54)16-7-31/h6-11,13-22,30,39-42,46,66-68H,3-5,12,23-29,55H2,1-2H3,(H2,56,72)(H2,57,73)(H,58,78)(H,59,77)(H,60,74)(H,61,70)(H,62,69)(H,63,75)(H,64,76)/t30?,39-,40+,41-,42+,46?/m1/s1. The maximum Gasteiger partial charge on any atom is 0.278 e. The second-order valence-corrected chi connectivity index (χ2v) is 19.5. The van der Waals surface area contributed by atoms with E-state index < -0.39 is 108 Å². The number of amides is 10. The smallest absolute Gasteiger partial charge is 0.278 e. The Labute approximate surface area is 464 Å². The van der Waals surface area contributed by atoms with Crippen molar-refractivity contribution in [3.63, 3.8) is 0 Å². The molecule has 10 amide bonds. The molecule has 0 saturated heterocycles. The average Bonchev–Trinajstić information content (AvgIpc) is 3.43. The fourth-order valence-corrected chi connectivity index (χ4v) is 8.54.